The van der Waals surface area contributed by atoms with Gasteiger partial charge in [-0.3, -0.25) is 0 Å². The summed E-state index contributed by atoms with van der Waals surface area (Å²) >= 11 is 0. The van der Waals surface area contributed by atoms with Crippen LogP contribution in [0.25, 0.3) is 17.1 Å². The first kappa shape index (κ1) is 16.1. The topological polar surface area (TPSA) is 39.9 Å². The van der Waals surface area contributed by atoms with E-state index in [1.54, 1.807) is 7.11 Å². The summed E-state index contributed by atoms with van der Waals surface area (Å²) in [5.74, 6) is 2.45. The number of hydrogen-bond acceptors (Lipinski definition) is 3. The molecule has 128 valence electrons. The molecule has 4 rings (SSSR count). The van der Waals surface area contributed by atoms with E-state index < -0.39 is 0 Å². The Morgan fingerprint density at radius 1 is 0.808 bits per heavy atom. The van der Waals surface area contributed by atoms with Crippen LogP contribution >= 0.6 is 0 Å². The molecule has 3 aromatic carbocycles. The van der Waals surface area contributed by atoms with Crippen LogP contribution in [0.2, 0.25) is 0 Å². The van der Waals surface area contributed by atoms with Crippen LogP contribution in [-0.2, 0) is 6.42 Å². The van der Waals surface area contributed by atoms with Crippen molar-refractivity contribution in [2.75, 3.05) is 7.11 Å². The standard InChI is InChI=1S/C22H19N3O/c1-26-20-14-12-19(13-15-20)25-21(16-17-8-4-2-5-9-17)23-22(24-25)18-10-6-3-7-11-18/h2-15H,16H2,1H3. The molecule has 1 heterocycles. The molecule has 4 aromatic rings. The van der Waals surface area contributed by atoms with E-state index in [1.807, 2.05) is 77.5 Å². The van der Waals surface area contributed by atoms with Crippen LogP contribution in [0.15, 0.2) is 84.9 Å². The van der Waals surface area contributed by atoms with Crippen molar-refractivity contribution in [2.24, 2.45) is 0 Å². The monoisotopic (exact) mass is 341 g/mol. The van der Waals surface area contributed by atoms with Crippen LogP contribution in [-0.4, -0.2) is 21.9 Å². The van der Waals surface area contributed by atoms with Gasteiger partial charge in [0.15, 0.2) is 5.82 Å². The van der Waals surface area contributed by atoms with Gasteiger partial charge in [0, 0.05) is 12.0 Å². The molecule has 0 spiro atoms. The Balaban J connectivity index is 1.78. The van der Waals surface area contributed by atoms with Crippen molar-refractivity contribution in [3.8, 4) is 22.8 Å². The van der Waals surface area contributed by atoms with Crippen LogP contribution in [0, 0.1) is 0 Å². The van der Waals surface area contributed by atoms with E-state index in [4.69, 9.17) is 14.8 Å². The Kier molecular flexibility index (Phi) is 4.48. The minimum atomic E-state index is 0.715. The molecule has 0 aliphatic carbocycles. The SMILES string of the molecule is COc1ccc(-n2nc(-c3ccccc3)nc2Cc2ccccc2)cc1. The van der Waals surface area contributed by atoms with E-state index in [2.05, 4.69) is 12.1 Å². The number of aromatic nitrogens is 3. The molecular formula is C22H19N3O. The maximum absolute atomic E-state index is 5.26. The van der Waals surface area contributed by atoms with Gasteiger partial charge in [-0.2, -0.15) is 0 Å². The van der Waals surface area contributed by atoms with Gasteiger partial charge in [-0.05, 0) is 29.8 Å². The van der Waals surface area contributed by atoms with Crippen molar-refractivity contribution in [1.29, 1.82) is 0 Å². The summed E-state index contributed by atoms with van der Waals surface area (Å²) in [6.07, 6.45) is 0.715. The maximum atomic E-state index is 5.26. The highest BCUT2D eigenvalue weighted by Crippen LogP contribution is 2.21. The van der Waals surface area contributed by atoms with Crippen molar-refractivity contribution in [3.05, 3.63) is 96.3 Å². The molecule has 0 saturated carbocycles. The van der Waals surface area contributed by atoms with Crippen LogP contribution < -0.4 is 4.74 Å². The molecule has 0 aliphatic heterocycles. The average Bonchev–Trinajstić information content (AvgIpc) is 3.13. The summed E-state index contributed by atoms with van der Waals surface area (Å²) in [4.78, 5) is 4.82. The molecule has 4 heteroatoms. The third-order valence-electron chi connectivity index (χ3n) is 4.23. The average molecular weight is 341 g/mol. The molecule has 0 bridgehead atoms. The molecule has 0 aliphatic rings. The number of rotatable bonds is 5. The molecule has 0 N–H and O–H groups in total. The molecule has 0 unspecified atom stereocenters. The van der Waals surface area contributed by atoms with Gasteiger partial charge in [-0.15, -0.1) is 5.10 Å². The summed E-state index contributed by atoms with van der Waals surface area (Å²) in [7, 11) is 1.67. The quantitative estimate of drug-likeness (QED) is 0.535. The zero-order valence-electron chi connectivity index (χ0n) is 14.5. The second-order valence-electron chi connectivity index (χ2n) is 5.99. The zero-order valence-corrected chi connectivity index (χ0v) is 14.5. The van der Waals surface area contributed by atoms with Crippen molar-refractivity contribution < 1.29 is 4.74 Å². The number of ether oxygens (including phenoxy) is 1. The molecule has 1 aromatic heterocycles. The lowest BCUT2D eigenvalue weighted by molar-refractivity contribution is 0.414. The van der Waals surface area contributed by atoms with E-state index in [-0.39, 0.29) is 0 Å². The van der Waals surface area contributed by atoms with Gasteiger partial charge in [0.2, 0.25) is 0 Å². The number of nitrogens with zero attached hydrogens (tertiary/aromatic N) is 3. The Morgan fingerprint density at radius 2 is 1.46 bits per heavy atom. The third kappa shape index (κ3) is 3.35. The van der Waals surface area contributed by atoms with E-state index in [0.717, 1.165) is 28.6 Å². The molecule has 4 nitrogen and oxygen atoms in total. The van der Waals surface area contributed by atoms with Gasteiger partial charge in [0.25, 0.3) is 0 Å². The molecule has 0 radical (unpaired) electrons. The van der Waals surface area contributed by atoms with Crippen molar-refractivity contribution in [1.82, 2.24) is 14.8 Å². The third-order valence-corrected chi connectivity index (χ3v) is 4.23. The van der Waals surface area contributed by atoms with Gasteiger partial charge < -0.3 is 4.74 Å². The van der Waals surface area contributed by atoms with E-state index in [0.29, 0.717) is 6.42 Å². The molecule has 0 saturated heterocycles. The summed E-state index contributed by atoms with van der Waals surface area (Å²) in [6.45, 7) is 0. The second kappa shape index (κ2) is 7.23. The highest BCUT2D eigenvalue weighted by molar-refractivity contribution is 5.55. The van der Waals surface area contributed by atoms with E-state index in [1.165, 1.54) is 5.56 Å². The summed E-state index contributed by atoms with van der Waals surface area (Å²) < 4.78 is 7.17. The zero-order chi connectivity index (χ0) is 17.8. The lowest BCUT2D eigenvalue weighted by atomic mass is 10.1. The van der Waals surface area contributed by atoms with Crippen LogP contribution in [0.5, 0.6) is 5.75 Å². The normalized spacial score (nSPS) is 10.7. The molecular weight excluding hydrogens is 322 g/mol. The van der Waals surface area contributed by atoms with E-state index >= 15 is 0 Å². The lowest BCUT2D eigenvalue weighted by Crippen LogP contribution is -2.04. The van der Waals surface area contributed by atoms with Gasteiger partial charge in [0.05, 0.1) is 12.8 Å². The number of benzene rings is 3. The fourth-order valence-corrected chi connectivity index (χ4v) is 2.88. The van der Waals surface area contributed by atoms with Crippen LogP contribution in [0.3, 0.4) is 0 Å². The summed E-state index contributed by atoms with van der Waals surface area (Å²) in [5, 5.41) is 4.77. The molecule has 0 fully saturated rings. The first-order valence-electron chi connectivity index (χ1n) is 8.53. The second-order valence-corrected chi connectivity index (χ2v) is 5.99. The molecule has 26 heavy (non-hydrogen) atoms. The highest BCUT2D eigenvalue weighted by Gasteiger charge is 2.13. The Labute approximate surface area is 152 Å². The number of hydrogen-bond donors (Lipinski definition) is 0. The predicted octanol–water partition coefficient (Wildman–Crippen LogP) is 4.53. The van der Waals surface area contributed by atoms with E-state index in [9.17, 15) is 0 Å². The Morgan fingerprint density at radius 3 is 2.12 bits per heavy atom. The number of methoxy groups -OCH3 is 1. The van der Waals surface area contributed by atoms with Gasteiger partial charge in [-0.25, -0.2) is 9.67 Å². The van der Waals surface area contributed by atoms with Crippen molar-refractivity contribution in [2.45, 2.75) is 6.42 Å². The fourth-order valence-electron chi connectivity index (χ4n) is 2.88. The van der Waals surface area contributed by atoms with Gasteiger partial charge in [-0.1, -0.05) is 60.7 Å². The van der Waals surface area contributed by atoms with Crippen LogP contribution in [0.4, 0.5) is 0 Å². The predicted molar refractivity (Wildman–Crippen MR) is 103 cm³/mol. The molecule has 0 amide bonds. The minimum Gasteiger partial charge on any atom is -0.497 e. The Bertz CT molecular complexity index is 977. The minimum absolute atomic E-state index is 0.715. The van der Waals surface area contributed by atoms with Crippen LogP contribution in [0.1, 0.15) is 11.4 Å². The smallest absolute Gasteiger partial charge is 0.181 e. The van der Waals surface area contributed by atoms with Gasteiger partial charge >= 0.3 is 0 Å². The van der Waals surface area contributed by atoms with Crippen molar-refractivity contribution in [3.63, 3.8) is 0 Å². The first-order chi connectivity index (χ1) is 12.8. The highest BCUT2D eigenvalue weighted by atomic mass is 16.5. The van der Waals surface area contributed by atoms with Crippen molar-refractivity contribution >= 4 is 0 Å². The maximum Gasteiger partial charge on any atom is 0.181 e. The van der Waals surface area contributed by atoms with Gasteiger partial charge in [0.1, 0.15) is 11.6 Å². The fraction of sp³-hybridized carbons (Fsp3) is 0.0909. The first-order valence-corrected chi connectivity index (χ1v) is 8.53. The Hall–Kier alpha value is -3.40. The largest absolute Gasteiger partial charge is 0.497 e. The summed E-state index contributed by atoms with van der Waals surface area (Å²) in [5.41, 5.74) is 3.18. The molecule has 0 atom stereocenters. The summed E-state index contributed by atoms with van der Waals surface area (Å²) in [6, 6.07) is 28.2. The lowest BCUT2D eigenvalue weighted by Gasteiger charge is -2.07.